The Morgan fingerprint density at radius 3 is 2.65 bits per heavy atom. The highest BCUT2D eigenvalue weighted by Crippen LogP contribution is 2.23. The van der Waals surface area contributed by atoms with Gasteiger partial charge in [0.25, 0.3) is 5.91 Å². The lowest BCUT2D eigenvalue weighted by Crippen LogP contribution is -2.43. The number of benzene rings is 1. The van der Waals surface area contributed by atoms with Crippen LogP contribution >= 0.6 is 0 Å². The van der Waals surface area contributed by atoms with Crippen LogP contribution in [-0.2, 0) is 4.79 Å². The molecule has 3 nitrogen and oxygen atoms in total. The number of nitrogens with zero attached hydrogens (tertiary/aromatic N) is 1. The van der Waals surface area contributed by atoms with Crippen LogP contribution < -0.4 is 4.74 Å². The monoisotopic (exact) mass is 279 g/mol. The van der Waals surface area contributed by atoms with Crippen molar-refractivity contribution >= 4 is 5.91 Å². The van der Waals surface area contributed by atoms with Gasteiger partial charge >= 0.3 is 0 Å². The molecule has 1 amide bonds. The summed E-state index contributed by atoms with van der Waals surface area (Å²) in [6, 6.07) is 6.50. The molecule has 0 aliphatic heterocycles. The highest BCUT2D eigenvalue weighted by Gasteiger charge is 2.24. The quantitative estimate of drug-likeness (QED) is 0.827. The first-order chi connectivity index (χ1) is 9.72. The summed E-state index contributed by atoms with van der Waals surface area (Å²) in [7, 11) is 0. The summed E-state index contributed by atoms with van der Waals surface area (Å²) in [5.74, 6) is -0.343. The first-order valence-electron chi connectivity index (χ1n) is 7.39. The number of rotatable bonds is 5. The van der Waals surface area contributed by atoms with Gasteiger partial charge < -0.3 is 9.64 Å². The van der Waals surface area contributed by atoms with E-state index in [0.717, 1.165) is 12.8 Å². The molecule has 110 valence electrons. The maximum atomic E-state index is 13.4. The topological polar surface area (TPSA) is 29.5 Å². The van der Waals surface area contributed by atoms with Crippen LogP contribution in [0.5, 0.6) is 5.75 Å². The van der Waals surface area contributed by atoms with Crippen molar-refractivity contribution in [2.24, 2.45) is 0 Å². The lowest BCUT2D eigenvalue weighted by Gasteiger charge is -2.33. The molecule has 0 unspecified atom stereocenters. The summed E-state index contributed by atoms with van der Waals surface area (Å²) in [6.45, 7) is 2.57. The van der Waals surface area contributed by atoms with E-state index in [1.807, 2.05) is 11.8 Å². The minimum absolute atomic E-state index is 0.0531. The third kappa shape index (κ3) is 3.71. The van der Waals surface area contributed by atoms with Gasteiger partial charge in [0.1, 0.15) is 0 Å². The van der Waals surface area contributed by atoms with Gasteiger partial charge in [0, 0.05) is 12.6 Å². The molecular weight excluding hydrogens is 257 g/mol. The number of hydrogen-bond acceptors (Lipinski definition) is 2. The van der Waals surface area contributed by atoms with Gasteiger partial charge in [-0.3, -0.25) is 4.79 Å². The fraction of sp³-hybridized carbons (Fsp3) is 0.562. The van der Waals surface area contributed by atoms with Gasteiger partial charge in [0.05, 0.1) is 0 Å². The van der Waals surface area contributed by atoms with Crippen LogP contribution in [0.1, 0.15) is 39.0 Å². The molecule has 1 fully saturated rings. The van der Waals surface area contributed by atoms with Gasteiger partial charge in [0.2, 0.25) is 0 Å². The molecule has 1 aliphatic rings. The van der Waals surface area contributed by atoms with Gasteiger partial charge in [-0.2, -0.15) is 0 Å². The summed E-state index contributed by atoms with van der Waals surface area (Å²) < 4.78 is 18.7. The van der Waals surface area contributed by atoms with Gasteiger partial charge in [-0.05, 0) is 31.9 Å². The summed E-state index contributed by atoms with van der Waals surface area (Å²) >= 11 is 0. The summed E-state index contributed by atoms with van der Waals surface area (Å²) in [4.78, 5) is 14.1. The zero-order valence-corrected chi connectivity index (χ0v) is 12.0. The zero-order valence-electron chi connectivity index (χ0n) is 12.0. The predicted octanol–water partition coefficient (Wildman–Crippen LogP) is 3.39. The Kier molecular flexibility index (Phi) is 5.39. The van der Waals surface area contributed by atoms with E-state index in [1.54, 1.807) is 18.2 Å². The molecule has 0 spiro atoms. The molecule has 2 rings (SSSR count). The maximum Gasteiger partial charge on any atom is 0.260 e. The lowest BCUT2D eigenvalue weighted by atomic mass is 9.94. The van der Waals surface area contributed by atoms with E-state index in [-0.39, 0.29) is 18.3 Å². The molecule has 0 aromatic heterocycles. The van der Waals surface area contributed by atoms with Gasteiger partial charge in [-0.25, -0.2) is 4.39 Å². The Hall–Kier alpha value is -1.58. The Labute approximate surface area is 119 Å². The molecule has 0 N–H and O–H groups in total. The van der Waals surface area contributed by atoms with Crippen LogP contribution in [0.25, 0.3) is 0 Å². The van der Waals surface area contributed by atoms with Crippen molar-refractivity contribution in [2.75, 3.05) is 13.2 Å². The highest BCUT2D eigenvalue weighted by atomic mass is 19.1. The number of hydrogen-bond donors (Lipinski definition) is 0. The summed E-state index contributed by atoms with van der Waals surface area (Å²) in [5, 5.41) is 0. The van der Waals surface area contributed by atoms with E-state index in [1.165, 1.54) is 25.3 Å². The number of para-hydroxylation sites is 1. The Morgan fingerprint density at radius 1 is 1.30 bits per heavy atom. The summed E-state index contributed by atoms with van der Waals surface area (Å²) in [6.07, 6.45) is 5.76. The van der Waals surface area contributed by atoms with Gasteiger partial charge in [-0.1, -0.05) is 31.4 Å². The van der Waals surface area contributed by atoms with Gasteiger partial charge in [0.15, 0.2) is 18.2 Å². The van der Waals surface area contributed by atoms with Gasteiger partial charge in [-0.15, -0.1) is 0 Å². The molecule has 1 aliphatic carbocycles. The molecule has 0 heterocycles. The molecule has 4 heteroatoms. The molecule has 0 radical (unpaired) electrons. The molecule has 1 aromatic carbocycles. The summed E-state index contributed by atoms with van der Waals surface area (Å²) in [5.41, 5.74) is 0. The van der Waals surface area contributed by atoms with Crippen LogP contribution in [0.15, 0.2) is 24.3 Å². The zero-order chi connectivity index (χ0) is 14.4. The average molecular weight is 279 g/mol. The van der Waals surface area contributed by atoms with E-state index in [9.17, 15) is 9.18 Å². The van der Waals surface area contributed by atoms with E-state index >= 15 is 0 Å². The second-order valence-corrected chi connectivity index (χ2v) is 5.19. The first kappa shape index (κ1) is 14.8. The fourth-order valence-electron chi connectivity index (χ4n) is 2.82. The third-order valence-corrected chi connectivity index (χ3v) is 3.86. The van der Waals surface area contributed by atoms with E-state index in [0.29, 0.717) is 12.6 Å². The van der Waals surface area contributed by atoms with Crippen molar-refractivity contribution in [3.05, 3.63) is 30.1 Å². The third-order valence-electron chi connectivity index (χ3n) is 3.86. The molecule has 0 atom stereocenters. The van der Waals surface area contributed by atoms with Crippen LogP contribution in [0.3, 0.4) is 0 Å². The molecule has 1 aromatic rings. The van der Waals surface area contributed by atoms with Crippen molar-refractivity contribution in [3.63, 3.8) is 0 Å². The van der Waals surface area contributed by atoms with Crippen molar-refractivity contribution in [3.8, 4) is 5.75 Å². The van der Waals surface area contributed by atoms with Crippen molar-refractivity contribution in [1.29, 1.82) is 0 Å². The predicted molar refractivity (Wildman–Crippen MR) is 76.2 cm³/mol. The number of carbonyl (C=O) groups excluding carboxylic acids is 1. The molecule has 0 bridgehead atoms. The van der Waals surface area contributed by atoms with Crippen molar-refractivity contribution < 1.29 is 13.9 Å². The van der Waals surface area contributed by atoms with Crippen molar-refractivity contribution in [1.82, 2.24) is 4.90 Å². The standard InChI is InChI=1S/C16H22FNO2/c1-2-18(13-8-4-3-5-9-13)16(19)12-20-15-11-7-6-10-14(15)17/h6-7,10-11,13H,2-5,8-9,12H2,1H3. The minimum Gasteiger partial charge on any atom is -0.481 e. The molecular formula is C16H22FNO2. The average Bonchev–Trinajstić information content (AvgIpc) is 2.48. The van der Waals surface area contributed by atoms with E-state index in [2.05, 4.69) is 0 Å². The normalized spacial score (nSPS) is 15.9. The SMILES string of the molecule is CCN(C(=O)COc1ccccc1F)C1CCCCC1. The maximum absolute atomic E-state index is 13.4. The second-order valence-electron chi connectivity index (χ2n) is 5.19. The molecule has 0 saturated heterocycles. The second kappa shape index (κ2) is 7.27. The van der Waals surface area contributed by atoms with E-state index in [4.69, 9.17) is 4.74 Å². The van der Waals surface area contributed by atoms with Crippen LogP contribution in [0.2, 0.25) is 0 Å². The lowest BCUT2D eigenvalue weighted by molar-refractivity contribution is -0.136. The van der Waals surface area contributed by atoms with E-state index < -0.39 is 5.82 Å². The first-order valence-corrected chi connectivity index (χ1v) is 7.39. The molecule has 1 saturated carbocycles. The van der Waals surface area contributed by atoms with Crippen LogP contribution in [-0.4, -0.2) is 30.0 Å². The number of amides is 1. The van der Waals surface area contributed by atoms with Crippen molar-refractivity contribution in [2.45, 2.75) is 45.1 Å². The Balaban J connectivity index is 1.90. The van der Waals surface area contributed by atoms with Crippen LogP contribution in [0.4, 0.5) is 4.39 Å². The van der Waals surface area contributed by atoms with Crippen LogP contribution in [0, 0.1) is 5.82 Å². The smallest absolute Gasteiger partial charge is 0.260 e. The number of ether oxygens (including phenoxy) is 1. The largest absolute Gasteiger partial charge is 0.481 e. The minimum atomic E-state index is -0.430. The molecule has 20 heavy (non-hydrogen) atoms. The fourth-order valence-corrected chi connectivity index (χ4v) is 2.82. The number of carbonyl (C=O) groups is 1. The Bertz CT molecular complexity index is 444. The highest BCUT2D eigenvalue weighted by molar-refractivity contribution is 5.78. The number of likely N-dealkylation sites (N-methyl/N-ethyl adjacent to an activating group) is 1. The Morgan fingerprint density at radius 2 is 2.00 bits per heavy atom. The number of halogens is 1.